The van der Waals surface area contributed by atoms with Crippen LogP contribution in [0.3, 0.4) is 0 Å². The van der Waals surface area contributed by atoms with Gasteiger partial charge in [-0.3, -0.25) is 4.79 Å². The van der Waals surface area contributed by atoms with Crippen LogP contribution in [0.5, 0.6) is 5.75 Å². The molecule has 43 heavy (non-hydrogen) atoms. The Balaban J connectivity index is 1.73. The van der Waals surface area contributed by atoms with Crippen LogP contribution in [-0.4, -0.2) is 67.8 Å². The highest BCUT2D eigenvalue weighted by Crippen LogP contribution is 2.48. The minimum atomic E-state index is -1.18. The zero-order chi connectivity index (χ0) is 32.3. The van der Waals surface area contributed by atoms with Gasteiger partial charge in [0, 0.05) is 11.8 Å². The van der Waals surface area contributed by atoms with E-state index < -0.39 is 29.2 Å². The summed E-state index contributed by atoms with van der Waals surface area (Å²) in [5, 5.41) is 42.4. The number of aliphatic hydroxyl groups excluding tert-OH is 1. The lowest BCUT2D eigenvalue weighted by Crippen LogP contribution is -2.55. The van der Waals surface area contributed by atoms with Crippen LogP contribution < -0.4 is 0 Å². The smallest absolute Gasteiger partial charge is 0.339 e. The van der Waals surface area contributed by atoms with Gasteiger partial charge in [-0.25, -0.2) is 4.79 Å². The number of benzene rings is 1. The van der Waals surface area contributed by atoms with Crippen molar-refractivity contribution in [3.05, 3.63) is 28.8 Å². The van der Waals surface area contributed by atoms with Crippen LogP contribution in [0.2, 0.25) is 0 Å². The van der Waals surface area contributed by atoms with E-state index in [0.717, 1.165) is 12.8 Å². The molecule has 1 aromatic carbocycles. The summed E-state index contributed by atoms with van der Waals surface area (Å²) in [4.78, 5) is 25.9. The quantitative estimate of drug-likeness (QED) is 0.196. The molecule has 2 fully saturated rings. The first-order valence-corrected chi connectivity index (χ1v) is 16.5. The number of aliphatic hydroxyl groups is 2. The molecule has 244 valence electrons. The minimum Gasteiger partial charge on any atom is -0.507 e. The molecule has 2 heterocycles. The summed E-state index contributed by atoms with van der Waals surface area (Å²) >= 11 is 0. The van der Waals surface area contributed by atoms with E-state index in [1.165, 1.54) is 0 Å². The van der Waals surface area contributed by atoms with Gasteiger partial charge in [-0.15, -0.1) is 0 Å². The summed E-state index contributed by atoms with van der Waals surface area (Å²) in [7, 11) is 0. The minimum absolute atomic E-state index is 0.0191. The lowest BCUT2D eigenvalue weighted by atomic mass is 9.75. The number of hydrogen-bond donors (Lipinski definition) is 4. The maximum absolute atomic E-state index is 14.1. The molecule has 0 radical (unpaired) electrons. The van der Waals surface area contributed by atoms with Gasteiger partial charge in [-0.1, -0.05) is 53.7 Å². The molecular formula is C35H56O8. The highest BCUT2D eigenvalue weighted by Gasteiger charge is 2.55. The monoisotopic (exact) mass is 604 g/mol. The van der Waals surface area contributed by atoms with Crippen LogP contribution in [0.25, 0.3) is 0 Å². The van der Waals surface area contributed by atoms with E-state index in [4.69, 9.17) is 9.47 Å². The van der Waals surface area contributed by atoms with Crippen molar-refractivity contribution < 1.29 is 39.5 Å². The number of carboxylic acid groups (broad SMARTS) is 1. The van der Waals surface area contributed by atoms with Crippen molar-refractivity contribution >= 4 is 11.8 Å². The van der Waals surface area contributed by atoms with Gasteiger partial charge < -0.3 is 29.9 Å². The molecular weight excluding hydrogens is 548 g/mol. The van der Waals surface area contributed by atoms with Gasteiger partial charge in [0.1, 0.15) is 17.1 Å². The first-order valence-electron chi connectivity index (χ1n) is 16.5. The average molecular weight is 605 g/mol. The largest absolute Gasteiger partial charge is 0.507 e. The fraction of sp³-hybridized carbons (Fsp3) is 0.771. The van der Waals surface area contributed by atoms with E-state index >= 15 is 0 Å². The molecule has 0 saturated carbocycles. The van der Waals surface area contributed by atoms with Crippen molar-refractivity contribution in [1.29, 1.82) is 0 Å². The number of aromatic hydroxyl groups is 1. The molecule has 4 N–H and O–H groups in total. The Kier molecular flexibility index (Phi) is 11.9. The van der Waals surface area contributed by atoms with Crippen LogP contribution in [0.4, 0.5) is 0 Å². The SMILES string of the molecule is CC[C@H](C(=O)[C@@H](CC)[C@H]1O[C@](CC)([C@H]2CC[C@](O)(CC)[C@H](C)O2)C[C@@H]1C)[C@@H](O)[C@H](C)CCc1ccc(C)c(O)c1C(=O)O. The van der Waals surface area contributed by atoms with Crippen LogP contribution in [-0.2, 0) is 20.7 Å². The lowest BCUT2D eigenvalue weighted by Gasteiger charge is -2.47. The summed E-state index contributed by atoms with van der Waals surface area (Å²) in [5.74, 6) is -2.45. The third-order valence-corrected chi connectivity index (χ3v) is 10.9. The fourth-order valence-electron chi connectivity index (χ4n) is 7.73. The third-order valence-electron chi connectivity index (χ3n) is 10.9. The van der Waals surface area contributed by atoms with Gasteiger partial charge in [-0.05, 0) is 94.6 Å². The number of carbonyl (C=O) groups excluding carboxylic acids is 1. The first kappa shape index (κ1) is 35.5. The lowest BCUT2D eigenvalue weighted by molar-refractivity contribution is -0.229. The van der Waals surface area contributed by atoms with E-state index in [9.17, 15) is 30.0 Å². The van der Waals surface area contributed by atoms with Crippen LogP contribution >= 0.6 is 0 Å². The number of hydrogen-bond acceptors (Lipinski definition) is 7. The number of ether oxygens (including phenoxy) is 2. The van der Waals surface area contributed by atoms with Gasteiger partial charge in [-0.2, -0.15) is 0 Å². The molecule has 2 saturated heterocycles. The Morgan fingerprint density at radius 2 is 1.77 bits per heavy atom. The molecule has 2 aliphatic heterocycles. The molecule has 0 spiro atoms. The molecule has 0 amide bonds. The fourth-order valence-corrected chi connectivity index (χ4v) is 7.73. The number of aryl methyl sites for hydroxylation is 2. The molecule has 8 heteroatoms. The maximum atomic E-state index is 14.1. The summed E-state index contributed by atoms with van der Waals surface area (Å²) in [6.07, 6.45) is 3.87. The molecule has 0 aliphatic carbocycles. The molecule has 0 unspecified atom stereocenters. The summed E-state index contributed by atoms with van der Waals surface area (Å²) < 4.78 is 13.3. The zero-order valence-electron chi connectivity index (χ0n) is 27.6. The van der Waals surface area contributed by atoms with Gasteiger partial charge in [0.15, 0.2) is 0 Å². The number of Topliss-reactive ketones (excluding diaryl/α,β-unsaturated/α-hetero) is 1. The van der Waals surface area contributed by atoms with Gasteiger partial charge >= 0.3 is 5.97 Å². The molecule has 10 atom stereocenters. The number of phenols is 1. The highest BCUT2D eigenvalue weighted by molar-refractivity contribution is 5.93. The Morgan fingerprint density at radius 3 is 2.30 bits per heavy atom. The highest BCUT2D eigenvalue weighted by atomic mass is 16.6. The Bertz CT molecular complexity index is 1120. The normalized spacial score (nSPS) is 32.2. The summed E-state index contributed by atoms with van der Waals surface area (Å²) in [6.45, 7) is 15.7. The average Bonchev–Trinajstić information content (AvgIpc) is 3.32. The van der Waals surface area contributed by atoms with Crippen molar-refractivity contribution in [2.24, 2.45) is 23.7 Å². The second kappa shape index (κ2) is 14.4. The van der Waals surface area contributed by atoms with E-state index in [1.807, 2.05) is 34.6 Å². The van der Waals surface area contributed by atoms with Crippen LogP contribution in [0.15, 0.2) is 12.1 Å². The van der Waals surface area contributed by atoms with Crippen LogP contribution in [0.1, 0.15) is 121 Å². The maximum Gasteiger partial charge on any atom is 0.339 e. The second-order valence-corrected chi connectivity index (χ2v) is 13.5. The van der Waals surface area contributed by atoms with Crippen molar-refractivity contribution in [2.75, 3.05) is 0 Å². The van der Waals surface area contributed by atoms with Crippen molar-refractivity contribution in [2.45, 2.75) is 149 Å². The summed E-state index contributed by atoms with van der Waals surface area (Å²) in [5.41, 5.74) is -0.429. The first-order chi connectivity index (χ1) is 20.2. The number of ketones is 1. The molecule has 1 aromatic rings. The van der Waals surface area contributed by atoms with E-state index in [2.05, 4.69) is 13.8 Å². The van der Waals surface area contributed by atoms with Gasteiger partial charge in [0.25, 0.3) is 0 Å². The number of carboxylic acids is 1. The van der Waals surface area contributed by atoms with Crippen molar-refractivity contribution in [3.63, 3.8) is 0 Å². The molecule has 8 nitrogen and oxygen atoms in total. The number of rotatable bonds is 14. The van der Waals surface area contributed by atoms with Crippen LogP contribution in [0, 0.1) is 30.6 Å². The van der Waals surface area contributed by atoms with Crippen molar-refractivity contribution in [1.82, 2.24) is 0 Å². The predicted octanol–water partition coefficient (Wildman–Crippen LogP) is 6.23. The Labute approximate surface area is 258 Å². The molecule has 0 bridgehead atoms. The third kappa shape index (κ3) is 7.13. The van der Waals surface area contributed by atoms with E-state index in [-0.39, 0.29) is 53.2 Å². The Morgan fingerprint density at radius 1 is 1.09 bits per heavy atom. The standard InChI is InChI=1S/C35H56O8/c1-9-25(29(36)20(5)13-15-24-16-14-21(6)30(37)28(24)33(39)40)31(38)26(10-2)32-22(7)19-35(12-4,43-32)27-17-18-34(41,11-3)23(8)42-27/h14,16,20,22-23,25-27,29,32,36-37,41H,9-13,15,17-19H2,1-8H3,(H,39,40)/t20-,22+,23+,25+,26-,27-,29+,32+,34-,35+/m1/s1. The van der Waals surface area contributed by atoms with Gasteiger partial charge in [0.05, 0.1) is 35.6 Å². The zero-order valence-corrected chi connectivity index (χ0v) is 27.6. The number of aromatic carboxylic acids is 1. The van der Waals surface area contributed by atoms with E-state index in [0.29, 0.717) is 56.1 Å². The predicted molar refractivity (Wildman–Crippen MR) is 166 cm³/mol. The van der Waals surface area contributed by atoms with E-state index in [1.54, 1.807) is 19.1 Å². The topological polar surface area (TPSA) is 134 Å². The second-order valence-electron chi connectivity index (χ2n) is 13.5. The number of carbonyl (C=O) groups is 2. The Hall–Kier alpha value is -2.00. The van der Waals surface area contributed by atoms with Crippen molar-refractivity contribution in [3.8, 4) is 5.75 Å². The molecule has 0 aromatic heterocycles. The molecule has 3 rings (SSSR count). The summed E-state index contributed by atoms with van der Waals surface area (Å²) in [6, 6.07) is 3.41. The molecule has 2 aliphatic rings. The van der Waals surface area contributed by atoms with Gasteiger partial charge in [0.2, 0.25) is 0 Å².